The Morgan fingerprint density at radius 1 is 0.884 bits per heavy atom. The summed E-state index contributed by atoms with van der Waals surface area (Å²) in [6.07, 6.45) is 0.684. The van der Waals surface area contributed by atoms with E-state index in [2.05, 4.69) is 9.80 Å². The molecule has 2 heterocycles. The number of Topliss-reactive ketones (excluding diaryl/α,β-unsaturated/α-hetero) is 1. The van der Waals surface area contributed by atoms with Gasteiger partial charge in [-0.25, -0.2) is 16.8 Å². The third-order valence-electron chi connectivity index (χ3n) is 12.3. The van der Waals surface area contributed by atoms with Gasteiger partial charge in [0.1, 0.15) is 5.75 Å². The van der Waals surface area contributed by atoms with Gasteiger partial charge in [-0.15, -0.1) is 11.8 Å². The number of hydrogen-bond donors (Lipinski definition) is 3. The molecule has 2 aliphatic rings. The van der Waals surface area contributed by atoms with E-state index in [1.807, 2.05) is 78.9 Å². The second kappa shape index (κ2) is 24.4. The van der Waals surface area contributed by atoms with E-state index in [1.165, 1.54) is 23.9 Å². The van der Waals surface area contributed by atoms with Gasteiger partial charge in [0.25, 0.3) is 16.3 Å². The zero-order valence-corrected chi connectivity index (χ0v) is 40.7. The Labute approximate surface area is 409 Å². The van der Waals surface area contributed by atoms with Crippen LogP contribution in [0.4, 0.5) is 18.9 Å². The first-order valence-corrected chi connectivity index (χ1v) is 26.7. The Bertz CT molecular complexity index is 2710. The molecule has 5 aromatic carbocycles. The van der Waals surface area contributed by atoms with Gasteiger partial charge in [-0.2, -0.15) is 13.2 Å². The molecule has 370 valence electrons. The predicted octanol–water partition coefficient (Wildman–Crippen LogP) is 8.64. The van der Waals surface area contributed by atoms with Gasteiger partial charge in [-0.05, 0) is 127 Å². The Kier molecular flexibility index (Phi) is 18.9. The highest BCUT2D eigenvalue weighted by Crippen LogP contribution is 2.39. The molecule has 0 saturated carbocycles. The van der Waals surface area contributed by atoms with Gasteiger partial charge >= 0.3 is 5.51 Å². The number of thioether (sulfide) groups is 1. The van der Waals surface area contributed by atoms with Crippen molar-refractivity contribution in [1.82, 2.24) is 4.90 Å². The maximum Gasteiger partial charge on any atom is 0.501 e. The number of halogens is 4. The fourth-order valence-electron chi connectivity index (χ4n) is 8.59. The Morgan fingerprint density at radius 3 is 2.19 bits per heavy atom. The fourth-order valence-corrected chi connectivity index (χ4v) is 12.1. The summed E-state index contributed by atoms with van der Waals surface area (Å²) < 4.78 is 102. The van der Waals surface area contributed by atoms with Crippen molar-refractivity contribution in [2.24, 2.45) is 11.8 Å². The molecular weight excluding hydrogens is 977 g/mol. The molecule has 0 spiro atoms. The lowest BCUT2D eigenvalue weighted by atomic mass is 9.84. The van der Waals surface area contributed by atoms with Gasteiger partial charge in [-0.1, -0.05) is 72.3 Å². The van der Waals surface area contributed by atoms with E-state index in [4.69, 9.17) is 26.2 Å². The molecule has 5 aromatic rings. The van der Waals surface area contributed by atoms with Gasteiger partial charge < -0.3 is 25.0 Å². The quantitative estimate of drug-likeness (QED) is 0.0432. The van der Waals surface area contributed by atoms with Crippen molar-refractivity contribution in [2.75, 3.05) is 62.3 Å². The maximum atomic E-state index is 14.2. The highest BCUT2D eigenvalue weighted by molar-refractivity contribution is 7.99. The smallest absolute Gasteiger partial charge is 0.483 e. The number of aliphatic hydroxyl groups excluding tert-OH is 2. The van der Waals surface area contributed by atoms with Crippen LogP contribution in [0.5, 0.6) is 0 Å². The lowest BCUT2D eigenvalue weighted by molar-refractivity contribution is -0.122. The molecule has 2 saturated heterocycles. The van der Waals surface area contributed by atoms with Gasteiger partial charge in [-0.3, -0.25) is 14.5 Å². The Balaban J connectivity index is 0.00000254. The molecule has 7 rings (SSSR count). The van der Waals surface area contributed by atoms with E-state index < -0.39 is 52.6 Å². The topological polar surface area (TPSA) is 179 Å². The number of morpholine rings is 1. The summed E-state index contributed by atoms with van der Waals surface area (Å²) in [4.78, 5) is 25.1. The van der Waals surface area contributed by atoms with E-state index in [0.29, 0.717) is 75.4 Å². The van der Waals surface area contributed by atoms with Crippen LogP contribution in [0.2, 0.25) is 5.02 Å². The first kappa shape index (κ1) is 53.6. The highest BCUT2D eigenvalue weighted by atomic mass is 35.5. The summed E-state index contributed by atoms with van der Waals surface area (Å²) >= 11 is 7.58. The number of carboxylic acid groups (broad SMARTS) is 1. The highest BCUT2D eigenvalue weighted by Gasteiger charge is 2.48. The van der Waals surface area contributed by atoms with Crippen LogP contribution in [0.15, 0.2) is 136 Å². The molecule has 3 N–H and O–H groups in total. The average Bonchev–Trinajstić information content (AvgIpc) is 3.35. The normalized spacial score (nSPS) is 17.1. The van der Waals surface area contributed by atoms with E-state index in [-0.39, 0.29) is 48.6 Å². The van der Waals surface area contributed by atoms with Crippen LogP contribution in [0.3, 0.4) is 0 Å². The van der Waals surface area contributed by atoms with Crippen molar-refractivity contribution in [3.05, 3.63) is 143 Å². The SMILES string of the molecule is O=C(CS(=O)(=O)c1ccc(C[C@H](CCN2CCO[C@@H](CO)C2)CSc2ccccc2)c(S(=O)(=O)C(F)(F)F)c1)c1ccc(N2CCC([C@@H](O)c3ccccc3-c3ccc(Cl)cc3)CC2)cc1.O=CO. The van der Waals surface area contributed by atoms with Gasteiger partial charge in [0.15, 0.2) is 15.6 Å². The van der Waals surface area contributed by atoms with Crippen molar-refractivity contribution in [3.8, 4) is 11.1 Å². The minimum atomic E-state index is -6.02. The third-order valence-corrected chi connectivity index (χ3v) is 17.0. The molecule has 2 aliphatic heterocycles. The Morgan fingerprint density at radius 2 is 1.54 bits per heavy atom. The van der Waals surface area contributed by atoms with Gasteiger partial charge in [0, 0.05) is 53.1 Å². The molecule has 19 heteroatoms. The molecule has 2 fully saturated rings. The van der Waals surface area contributed by atoms with E-state index in [9.17, 15) is 45.0 Å². The van der Waals surface area contributed by atoms with Gasteiger partial charge in [0.2, 0.25) is 0 Å². The molecule has 0 amide bonds. The number of anilines is 1. The second-order valence-electron chi connectivity index (χ2n) is 16.9. The first-order chi connectivity index (χ1) is 32.9. The molecule has 69 heavy (non-hydrogen) atoms. The number of hydrogen-bond acceptors (Lipinski definition) is 12. The van der Waals surface area contributed by atoms with Crippen molar-refractivity contribution in [1.29, 1.82) is 0 Å². The molecule has 0 unspecified atom stereocenters. The first-order valence-electron chi connectivity index (χ1n) is 22.2. The molecule has 3 atom stereocenters. The van der Waals surface area contributed by atoms with Crippen LogP contribution in [0.1, 0.15) is 46.9 Å². The van der Waals surface area contributed by atoms with Crippen molar-refractivity contribution in [2.45, 2.75) is 58.1 Å². The summed E-state index contributed by atoms with van der Waals surface area (Å²) in [5, 5.41) is 28.6. The van der Waals surface area contributed by atoms with Crippen molar-refractivity contribution < 1.29 is 59.7 Å². The van der Waals surface area contributed by atoms with E-state index in [1.54, 1.807) is 12.1 Å². The Hall–Kier alpha value is -4.79. The van der Waals surface area contributed by atoms with Crippen LogP contribution in [0, 0.1) is 11.8 Å². The minimum Gasteiger partial charge on any atom is -0.483 e. The molecule has 12 nitrogen and oxygen atoms in total. The third kappa shape index (κ3) is 14.2. The van der Waals surface area contributed by atoms with Crippen molar-refractivity contribution >= 4 is 61.0 Å². The van der Waals surface area contributed by atoms with E-state index in [0.717, 1.165) is 39.4 Å². The molecule has 0 aromatic heterocycles. The zero-order chi connectivity index (χ0) is 49.8. The van der Waals surface area contributed by atoms with Crippen LogP contribution >= 0.6 is 23.4 Å². The van der Waals surface area contributed by atoms with Crippen LogP contribution in [-0.4, -0.2) is 118 Å². The lowest BCUT2D eigenvalue weighted by Gasteiger charge is -2.36. The summed E-state index contributed by atoms with van der Waals surface area (Å²) in [6, 6.07) is 33.7. The lowest BCUT2D eigenvalue weighted by Crippen LogP contribution is -2.44. The number of rotatable bonds is 18. The second-order valence-corrected chi connectivity index (χ2v) is 22.3. The largest absolute Gasteiger partial charge is 0.501 e. The number of ketones is 1. The average molecular weight is 1030 g/mol. The van der Waals surface area contributed by atoms with Crippen LogP contribution in [-0.2, 0) is 35.6 Å². The van der Waals surface area contributed by atoms with Gasteiger partial charge in [0.05, 0.1) is 35.2 Å². The number of carbonyl (C=O) groups excluding carboxylic acids is 1. The number of sulfone groups is 2. The minimum absolute atomic E-state index is 0.0110. The molecule has 0 aliphatic carbocycles. The molecule has 0 bridgehead atoms. The fraction of sp³-hybridized carbons (Fsp3) is 0.360. The zero-order valence-electron chi connectivity index (χ0n) is 37.5. The summed E-state index contributed by atoms with van der Waals surface area (Å²) in [7, 11) is -10.6. The number of alkyl halides is 3. The number of nitrogens with zero attached hydrogens (tertiary/aromatic N) is 2. The predicted molar refractivity (Wildman–Crippen MR) is 260 cm³/mol. The van der Waals surface area contributed by atoms with Crippen molar-refractivity contribution in [3.63, 3.8) is 0 Å². The number of carbonyl (C=O) groups is 2. The summed E-state index contributed by atoms with van der Waals surface area (Å²) in [6.45, 7) is 2.81. The van der Waals surface area contributed by atoms with Crippen LogP contribution in [0.25, 0.3) is 11.1 Å². The number of aliphatic hydroxyl groups is 2. The van der Waals surface area contributed by atoms with E-state index >= 15 is 0 Å². The van der Waals surface area contributed by atoms with Crippen LogP contribution < -0.4 is 4.90 Å². The maximum absolute atomic E-state index is 14.2. The number of piperidine rings is 1. The monoisotopic (exact) mass is 1030 g/mol. The standard InChI is InChI=1S/C49H52ClF3N2O8S3.CH2O2/c50-39-15-10-35(11-16-39)44-8-4-5-9-45(44)48(58)37-21-24-55(25-22-37)40-17-12-36(13-18-40)46(57)33-65(59,60)43-19-14-38(47(29-43)66(61,62)49(51,52)53)28-34(32-64-42-6-2-1-3-7-42)20-23-54-26-27-63-41(30-54)31-56;2-1-3/h1-19,29,34,37,41,48,56,58H,20-28,30-33H2;1H,(H,2,3)/t34-,41+,48+;/m0./s1. The summed E-state index contributed by atoms with van der Waals surface area (Å²) in [5.74, 6) is -1.82. The molecular formula is C50H54ClF3N2O10S3. The summed E-state index contributed by atoms with van der Waals surface area (Å²) in [5.41, 5.74) is -2.32. The molecule has 0 radical (unpaired) electrons. The number of benzene rings is 5. The number of ether oxygens (including phenoxy) is 1.